The summed E-state index contributed by atoms with van der Waals surface area (Å²) in [6, 6.07) is 3.87. The van der Waals surface area contributed by atoms with Crippen LogP contribution in [0.2, 0.25) is 5.02 Å². The van der Waals surface area contributed by atoms with Gasteiger partial charge in [0, 0.05) is 0 Å². The number of rotatable bonds is 3. The van der Waals surface area contributed by atoms with Crippen molar-refractivity contribution in [1.29, 1.82) is 0 Å². The first-order valence-corrected chi connectivity index (χ1v) is 4.27. The summed E-state index contributed by atoms with van der Waals surface area (Å²) in [7, 11) is 1.27. The molecule has 1 rings (SSSR count). The van der Waals surface area contributed by atoms with Crippen LogP contribution < -0.4 is 5.32 Å². The largest absolute Gasteiger partial charge is 0.468 e. The predicted octanol–water partition coefficient (Wildman–Crippen LogP) is 2.06. The Labute approximate surface area is 85.8 Å². The Kier molecular flexibility index (Phi) is 3.71. The van der Waals surface area contributed by atoms with Crippen LogP contribution >= 0.6 is 11.6 Å². The maximum absolute atomic E-state index is 12.7. The number of halogens is 2. The van der Waals surface area contributed by atoms with Crippen molar-refractivity contribution >= 4 is 23.3 Å². The van der Waals surface area contributed by atoms with Gasteiger partial charge in [-0.1, -0.05) is 11.6 Å². The molecular weight excluding hydrogens is 209 g/mol. The first-order valence-electron chi connectivity index (χ1n) is 3.89. The van der Waals surface area contributed by atoms with E-state index >= 15 is 0 Å². The van der Waals surface area contributed by atoms with Crippen LogP contribution in [-0.2, 0) is 9.53 Å². The molecule has 0 radical (unpaired) electrons. The zero-order valence-corrected chi connectivity index (χ0v) is 8.27. The third-order valence-corrected chi connectivity index (χ3v) is 1.91. The topological polar surface area (TPSA) is 38.3 Å². The molecular formula is C9H9ClFNO2. The summed E-state index contributed by atoms with van der Waals surface area (Å²) < 4.78 is 17.1. The maximum Gasteiger partial charge on any atom is 0.325 e. The summed E-state index contributed by atoms with van der Waals surface area (Å²) in [5, 5.41) is 3.01. The molecule has 76 valence electrons. The zero-order valence-electron chi connectivity index (χ0n) is 7.51. The van der Waals surface area contributed by atoms with Gasteiger partial charge in [-0.15, -0.1) is 0 Å². The number of anilines is 1. The predicted molar refractivity (Wildman–Crippen MR) is 51.9 cm³/mol. The Morgan fingerprint density at radius 1 is 1.64 bits per heavy atom. The van der Waals surface area contributed by atoms with Crippen LogP contribution in [-0.4, -0.2) is 19.6 Å². The third-order valence-electron chi connectivity index (χ3n) is 1.58. The molecule has 0 fully saturated rings. The summed E-state index contributed by atoms with van der Waals surface area (Å²) >= 11 is 5.74. The molecule has 0 bridgehead atoms. The number of hydrogen-bond acceptors (Lipinski definition) is 3. The lowest BCUT2D eigenvalue weighted by molar-refractivity contribution is -0.138. The lowest BCUT2D eigenvalue weighted by Gasteiger charge is -2.06. The van der Waals surface area contributed by atoms with Crippen molar-refractivity contribution in [2.75, 3.05) is 19.0 Å². The van der Waals surface area contributed by atoms with Crippen molar-refractivity contribution in [3.05, 3.63) is 29.0 Å². The molecule has 5 heteroatoms. The van der Waals surface area contributed by atoms with Gasteiger partial charge in [0.15, 0.2) is 0 Å². The van der Waals surface area contributed by atoms with Crippen molar-refractivity contribution in [3.8, 4) is 0 Å². The summed E-state index contributed by atoms with van der Waals surface area (Å²) in [4.78, 5) is 10.8. The molecule has 1 aromatic rings. The van der Waals surface area contributed by atoms with Gasteiger partial charge in [-0.25, -0.2) is 4.39 Å². The van der Waals surface area contributed by atoms with E-state index in [-0.39, 0.29) is 6.54 Å². The van der Waals surface area contributed by atoms with Crippen LogP contribution in [0.5, 0.6) is 0 Å². The summed E-state index contributed by atoms with van der Waals surface area (Å²) in [5.74, 6) is -0.855. The van der Waals surface area contributed by atoms with E-state index < -0.39 is 11.8 Å². The maximum atomic E-state index is 12.7. The highest BCUT2D eigenvalue weighted by atomic mass is 35.5. The first kappa shape index (κ1) is 10.8. The van der Waals surface area contributed by atoms with Crippen molar-refractivity contribution in [3.63, 3.8) is 0 Å². The average molecular weight is 218 g/mol. The van der Waals surface area contributed by atoms with Gasteiger partial charge in [0.1, 0.15) is 12.4 Å². The molecule has 0 saturated carbocycles. The van der Waals surface area contributed by atoms with E-state index in [4.69, 9.17) is 11.6 Å². The van der Waals surface area contributed by atoms with Gasteiger partial charge in [0.2, 0.25) is 0 Å². The number of carbonyl (C=O) groups excluding carboxylic acids is 1. The Morgan fingerprint density at radius 3 is 3.00 bits per heavy atom. The normalized spacial score (nSPS) is 9.64. The molecule has 3 nitrogen and oxygen atoms in total. The zero-order chi connectivity index (χ0) is 10.6. The SMILES string of the molecule is COC(=O)CNc1cc(F)ccc1Cl. The van der Waals surface area contributed by atoms with Crippen molar-refractivity contribution < 1.29 is 13.9 Å². The lowest BCUT2D eigenvalue weighted by Crippen LogP contribution is -2.15. The van der Waals surface area contributed by atoms with Crippen LogP contribution in [0.1, 0.15) is 0 Å². The van der Waals surface area contributed by atoms with Crippen LogP contribution in [0.15, 0.2) is 18.2 Å². The smallest absolute Gasteiger partial charge is 0.325 e. The molecule has 0 aromatic heterocycles. The molecule has 1 aromatic carbocycles. The molecule has 14 heavy (non-hydrogen) atoms. The minimum Gasteiger partial charge on any atom is -0.468 e. The number of nitrogens with one attached hydrogen (secondary N) is 1. The Morgan fingerprint density at radius 2 is 2.36 bits per heavy atom. The summed E-state index contributed by atoms with van der Waals surface area (Å²) in [6.45, 7) is -0.0420. The van der Waals surface area contributed by atoms with Gasteiger partial charge in [-0.2, -0.15) is 0 Å². The number of methoxy groups -OCH3 is 1. The second-order valence-electron chi connectivity index (χ2n) is 2.55. The molecule has 0 spiro atoms. The standard InChI is InChI=1S/C9H9ClFNO2/c1-14-9(13)5-12-8-4-6(11)2-3-7(8)10/h2-4,12H,5H2,1H3. The molecule has 0 saturated heterocycles. The average Bonchev–Trinajstić information content (AvgIpc) is 2.19. The van der Waals surface area contributed by atoms with E-state index in [1.807, 2.05) is 0 Å². The Balaban J connectivity index is 2.66. The molecule has 0 aliphatic carbocycles. The van der Waals surface area contributed by atoms with Crippen molar-refractivity contribution in [1.82, 2.24) is 0 Å². The van der Waals surface area contributed by atoms with Gasteiger partial charge in [-0.05, 0) is 18.2 Å². The number of carbonyl (C=O) groups is 1. The lowest BCUT2D eigenvalue weighted by atomic mass is 10.3. The second-order valence-corrected chi connectivity index (χ2v) is 2.96. The van der Waals surface area contributed by atoms with E-state index in [1.54, 1.807) is 0 Å². The van der Waals surface area contributed by atoms with E-state index in [0.717, 1.165) is 0 Å². The van der Waals surface area contributed by atoms with Gasteiger partial charge >= 0.3 is 5.97 Å². The van der Waals surface area contributed by atoms with E-state index in [1.165, 1.54) is 25.3 Å². The third kappa shape index (κ3) is 2.88. The molecule has 1 N–H and O–H groups in total. The fourth-order valence-corrected chi connectivity index (χ4v) is 1.06. The highest BCUT2D eigenvalue weighted by Crippen LogP contribution is 2.21. The fourth-order valence-electron chi connectivity index (χ4n) is 0.873. The monoisotopic (exact) mass is 217 g/mol. The van der Waals surface area contributed by atoms with Crippen LogP contribution in [0, 0.1) is 5.82 Å². The molecule has 0 atom stereocenters. The highest BCUT2D eigenvalue weighted by molar-refractivity contribution is 6.33. The van der Waals surface area contributed by atoms with E-state index in [9.17, 15) is 9.18 Å². The number of benzene rings is 1. The Hall–Kier alpha value is -1.29. The quantitative estimate of drug-likeness (QED) is 0.788. The van der Waals surface area contributed by atoms with Crippen LogP contribution in [0.25, 0.3) is 0 Å². The van der Waals surface area contributed by atoms with E-state index in [2.05, 4.69) is 10.1 Å². The van der Waals surface area contributed by atoms with Crippen LogP contribution in [0.4, 0.5) is 10.1 Å². The number of hydrogen-bond donors (Lipinski definition) is 1. The van der Waals surface area contributed by atoms with Crippen LogP contribution in [0.3, 0.4) is 0 Å². The van der Waals surface area contributed by atoms with Gasteiger partial charge in [0.25, 0.3) is 0 Å². The second kappa shape index (κ2) is 4.81. The number of ether oxygens (including phenoxy) is 1. The van der Waals surface area contributed by atoms with Gasteiger partial charge in [0.05, 0.1) is 17.8 Å². The molecule has 0 unspecified atom stereocenters. The van der Waals surface area contributed by atoms with Gasteiger partial charge < -0.3 is 10.1 Å². The minimum atomic E-state index is -0.440. The Bertz CT molecular complexity index is 344. The summed E-state index contributed by atoms with van der Waals surface area (Å²) in [6.07, 6.45) is 0. The van der Waals surface area contributed by atoms with Gasteiger partial charge in [-0.3, -0.25) is 4.79 Å². The van der Waals surface area contributed by atoms with Crippen molar-refractivity contribution in [2.24, 2.45) is 0 Å². The fraction of sp³-hybridized carbons (Fsp3) is 0.222. The highest BCUT2D eigenvalue weighted by Gasteiger charge is 2.04. The summed E-state index contributed by atoms with van der Waals surface area (Å²) in [5.41, 5.74) is 0.372. The molecule has 0 amide bonds. The molecule has 0 aliphatic heterocycles. The van der Waals surface area contributed by atoms with E-state index in [0.29, 0.717) is 10.7 Å². The first-order chi connectivity index (χ1) is 6.63. The van der Waals surface area contributed by atoms with Crippen molar-refractivity contribution in [2.45, 2.75) is 0 Å². The minimum absolute atomic E-state index is 0.0420. The number of esters is 1. The molecule has 0 aliphatic rings. The molecule has 0 heterocycles.